The molecule has 0 bridgehead atoms. The second-order valence-electron chi connectivity index (χ2n) is 5.49. The maximum atomic E-state index is 12.3. The zero-order valence-corrected chi connectivity index (χ0v) is 12.9. The predicted molar refractivity (Wildman–Crippen MR) is 85.0 cm³/mol. The van der Waals surface area contributed by atoms with Gasteiger partial charge in [0.1, 0.15) is 18.4 Å². The molecule has 2 aromatic carbocycles. The summed E-state index contributed by atoms with van der Waals surface area (Å²) in [7, 11) is 0. The molecule has 1 atom stereocenters. The third-order valence-electron chi connectivity index (χ3n) is 3.80. The summed E-state index contributed by atoms with van der Waals surface area (Å²) in [6.45, 7) is 0.0193. The lowest BCUT2D eigenvalue weighted by Gasteiger charge is -2.19. The number of ether oxygens (including phenoxy) is 2. The number of esters is 1. The number of phenols is 1. The third-order valence-corrected chi connectivity index (χ3v) is 3.80. The lowest BCUT2D eigenvalue weighted by atomic mass is 10.1. The van der Waals surface area contributed by atoms with Gasteiger partial charge in [-0.15, -0.1) is 0 Å². The van der Waals surface area contributed by atoms with Crippen LogP contribution >= 0.6 is 0 Å². The van der Waals surface area contributed by atoms with Gasteiger partial charge in [-0.3, -0.25) is 4.90 Å². The van der Waals surface area contributed by atoms with Gasteiger partial charge in [-0.2, -0.15) is 0 Å². The maximum absolute atomic E-state index is 12.3. The first-order chi connectivity index (χ1) is 11.6. The molecule has 1 saturated heterocycles. The van der Waals surface area contributed by atoms with E-state index in [0.29, 0.717) is 6.42 Å². The maximum Gasteiger partial charge on any atom is 0.413 e. The molecule has 0 saturated carbocycles. The molecule has 124 valence electrons. The summed E-state index contributed by atoms with van der Waals surface area (Å²) in [4.78, 5) is 25.4. The molecule has 2 aromatic rings. The van der Waals surface area contributed by atoms with E-state index in [1.807, 2.05) is 30.3 Å². The van der Waals surface area contributed by atoms with E-state index in [-0.39, 0.29) is 19.1 Å². The van der Waals surface area contributed by atoms with Crippen molar-refractivity contribution >= 4 is 12.1 Å². The number of nitrogens with zero attached hydrogens (tertiary/aromatic N) is 1. The minimum absolute atomic E-state index is 0.116. The first-order valence-corrected chi connectivity index (χ1v) is 7.55. The van der Waals surface area contributed by atoms with Crippen molar-refractivity contribution in [2.75, 3.05) is 6.73 Å². The number of benzene rings is 2. The van der Waals surface area contributed by atoms with E-state index in [0.717, 1.165) is 11.1 Å². The summed E-state index contributed by atoms with van der Waals surface area (Å²) in [5, 5.41) is 9.31. The number of carbonyl (C=O) groups is 2. The molecule has 0 unspecified atom stereocenters. The van der Waals surface area contributed by atoms with Crippen LogP contribution in [-0.4, -0.2) is 34.8 Å². The van der Waals surface area contributed by atoms with E-state index in [4.69, 9.17) is 9.47 Å². The lowest BCUT2D eigenvalue weighted by Crippen LogP contribution is -2.39. The summed E-state index contributed by atoms with van der Waals surface area (Å²) in [6, 6.07) is 15.1. The van der Waals surface area contributed by atoms with Crippen LogP contribution in [-0.2, 0) is 27.3 Å². The Hall–Kier alpha value is -3.02. The Labute approximate surface area is 139 Å². The largest absolute Gasteiger partial charge is 0.508 e. The van der Waals surface area contributed by atoms with Gasteiger partial charge in [0, 0.05) is 6.42 Å². The zero-order chi connectivity index (χ0) is 16.9. The molecule has 0 radical (unpaired) electrons. The minimum Gasteiger partial charge on any atom is -0.508 e. The summed E-state index contributed by atoms with van der Waals surface area (Å²) in [6.07, 6.45) is -0.284. The minimum atomic E-state index is -0.724. The molecule has 1 N–H and O–H groups in total. The lowest BCUT2D eigenvalue weighted by molar-refractivity contribution is -0.139. The van der Waals surface area contributed by atoms with Crippen molar-refractivity contribution in [2.24, 2.45) is 0 Å². The highest BCUT2D eigenvalue weighted by molar-refractivity contribution is 5.84. The van der Waals surface area contributed by atoms with Crippen LogP contribution in [0, 0.1) is 0 Å². The Morgan fingerprint density at radius 2 is 1.83 bits per heavy atom. The number of phenolic OH excluding ortho intramolecular Hbond substituents is 1. The monoisotopic (exact) mass is 327 g/mol. The van der Waals surface area contributed by atoms with Gasteiger partial charge in [0.25, 0.3) is 0 Å². The van der Waals surface area contributed by atoms with Crippen molar-refractivity contribution in [3.8, 4) is 5.75 Å². The smallest absolute Gasteiger partial charge is 0.413 e. The fourth-order valence-corrected chi connectivity index (χ4v) is 2.48. The molecule has 1 fully saturated rings. The normalized spacial score (nSPS) is 16.8. The highest BCUT2D eigenvalue weighted by Crippen LogP contribution is 2.19. The quantitative estimate of drug-likeness (QED) is 0.873. The third kappa shape index (κ3) is 3.65. The molecule has 24 heavy (non-hydrogen) atoms. The van der Waals surface area contributed by atoms with Gasteiger partial charge >= 0.3 is 12.1 Å². The fourth-order valence-electron chi connectivity index (χ4n) is 2.48. The average Bonchev–Trinajstić information content (AvgIpc) is 2.96. The molecule has 1 aliphatic heterocycles. The standard InChI is InChI=1S/C18H17NO5/c20-15-8-6-13(7-9-15)10-16-17(21)24-12-19(16)18(22)23-11-14-4-2-1-3-5-14/h1-9,16,20H,10-12H2/t16-/m0/s1. The van der Waals surface area contributed by atoms with Crippen molar-refractivity contribution in [3.63, 3.8) is 0 Å². The highest BCUT2D eigenvalue weighted by Gasteiger charge is 2.38. The fraction of sp³-hybridized carbons (Fsp3) is 0.222. The Kier molecular flexibility index (Phi) is 4.65. The molecular formula is C18H17NO5. The Morgan fingerprint density at radius 3 is 2.54 bits per heavy atom. The van der Waals surface area contributed by atoms with E-state index >= 15 is 0 Å². The predicted octanol–water partition coefficient (Wildman–Crippen LogP) is 2.46. The topological polar surface area (TPSA) is 76.1 Å². The van der Waals surface area contributed by atoms with E-state index in [1.54, 1.807) is 12.1 Å². The van der Waals surface area contributed by atoms with Crippen LogP contribution in [0.15, 0.2) is 54.6 Å². The van der Waals surface area contributed by atoms with Crippen molar-refractivity contribution < 1.29 is 24.2 Å². The van der Waals surface area contributed by atoms with Crippen LogP contribution in [0.2, 0.25) is 0 Å². The number of aromatic hydroxyl groups is 1. The molecule has 0 aromatic heterocycles. The summed E-state index contributed by atoms with van der Waals surface area (Å²) in [5.41, 5.74) is 1.69. The Bertz CT molecular complexity index is 714. The van der Waals surface area contributed by atoms with Crippen LogP contribution in [0.25, 0.3) is 0 Å². The average molecular weight is 327 g/mol. The Balaban J connectivity index is 1.63. The second kappa shape index (κ2) is 7.04. The number of hydrogen-bond acceptors (Lipinski definition) is 5. The van der Waals surface area contributed by atoms with Gasteiger partial charge in [-0.1, -0.05) is 42.5 Å². The van der Waals surface area contributed by atoms with E-state index in [9.17, 15) is 14.7 Å². The van der Waals surface area contributed by atoms with Crippen molar-refractivity contribution in [3.05, 3.63) is 65.7 Å². The molecule has 3 rings (SSSR count). The number of hydrogen-bond donors (Lipinski definition) is 1. The van der Waals surface area contributed by atoms with Crippen molar-refractivity contribution in [2.45, 2.75) is 19.1 Å². The van der Waals surface area contributed by atoms with Gasteiger partial charge < -0.3 is 14.6 Å². The highest BCUT2D eigenvalue weighted by atomic mass is 16.6. The molecule has 6 heteroatoms. The van der Waals surface area contributed by atoms with Crippen LogP contribution in [0.3, 0.4) is 0 Å². The SMILES string of the molecule is O=C1OCN(C(=O)OCc2ccccc2)[C@H]1Cc1ccc(O)cc1. The van der Waals surface area contributed by atoms with Crippen LogP contribution in [0.1, 0.15) is 11.1 Å². The second-order valence-corrected chi connectivity index (χ2v) is 5.49. The molecule has 1 heterocycles. The first-order valence-electron chi connectivity index (χ1n) is 7.55. The number of rotatable bonds is 4. The summed E-state index contributed by atoms with van der Waals surface area (Å²) < 4.78 is 10.2. The van der Waals surface area contributed by atoms with E-state index < -0.39 is 18.1 Å². The van der Waals surface area contributed by atoms with Crippen LogP contribution in [0.5, 0.6) is 5.75 Å². The summed E-state index contributed by atoms with van der Waals surface area (Å²) >= 11 is 0. The molecule has 1 amide bonds. The Morgan fingerprint density at radius 1 is 1.12 bits per heavy atom. The van der Waals surface area contributed by atoms with Crippen LogP contribution in [0.4, 0.5) is 4.79 Å². The molecular weight excluding hydrogens is 310 g/mol. The van der Waals surface area contributed by atoms with Crippen molar-refractivity contribution in [1.29, 1.82) is 0 Å². The van der Waals surface area contributed by atoms with Crippen LogP contribution < -0.4 is 0 Å². The van der Waals surface area contributed by atoms with Gasteiger partial charge in [0.15, 0.2) is 6.73 Å². The van der Waals surface area contributed by atoms with Crippen molar-refractivity contribution in [1.82, 2.24) is 4.90 Å². The van der Waals surface area contributed by atoms with Gasteiger partial charge in [-0.05, 0) is 23.3 Å². The number of carbonyl (C=O) groups excluding carboxylic acids is 2. The molecule has 1 aliphatic rings. The van der Waals surface area contributed by atoms with Gasteiger partial charge in [0.05, 0.1) is 0 Å². The summed E-state index contributed by atoms with van der Waals surface area (Å²) in [5.74, 6) is -0.313. The van der Waals surface area contributed by atoms with E-state index in [2.05, 4.69) is 0 Å². The molecule has 6 nitrogen and oxygen atoms in total. The molecule has 0 spiro atoms. The van der Waals surface area contributed by atoms with Gasteiger partial charge in [0.2, 0.25) is 0 Å². The van der Waals surface area contributed by atoms with E-state index in [1.165, 1.54) is 17.0 Å². The zero-order valence-electron chi connectivity index (χ0n) is 12.9. The van der Waals surface area contributed by atoms with Gasteiger partial charge in [-0.25, -0.2) is 9.59 Å². The molecule has 0 aliphatic carbocycles. The number of cyclic esters (lactones) is 1. The number of amides is 1. The first kappa shape index (κ1) is 15.9.